The van der Waals surface area contributed by atoms with Gasteiger partial charge >= 0.3 is 0 Å². The summed E-state index contributed by atoms with van der Waals surface area (Å²) in [6.07, 6.45) is 6.20. The largest absolute Gasteiger partial charge is 0.398 e. The van der Waals surface area contributed by atoms with Gasteiger partial charge in [0.25, 0.3) is 0 Å². The highest BCUT2D eigenvalue weighted by Gasteiger charge is 2.16. The molecule has 0 radical (unpaired) electrons. The Morgan fingerprint density at radius 2 is 1.77 bits per heavy atom. The van der Waals surface area contributed by atoms with Gasteiger partial charge in [-0.3, -0.25) is 0 Å². The van der Waals surface area contributed by atoms with Gasteiger partial charge in [0.2, 0.25) is 5.95 Å². The third kappa shape index (κ3) is 3.29. The van der Waals surface area contributed by atoms with Crippen molar-refractivity contribution < 1.29 is 0 Å². The molecule has 1 saturated carbocycles. The molecule has 3 aromatic rings. The van der Waals surface area contributed by atoms with Gasteiger partial charge in [0.05, 0.1) is 5.52 Å². The van der Waals surface area contributed by atoms with E-state index in [9.17, 15) is 0 Å². The molecule has 5 nitrogen and oxygen atoms in total. The molecule has 5 N–H and O–H groups in total. The van der Waals surface area contributed by atoms with E-state index in [0.717, 1.165) is 39.1 Å². The average molecular weight is 347 g/mol. The molecule has 1 aliphatic rings. The summed E-state index contributed by atoms with van der Waals surface area (Å²) in [6.45, 7) is 2.04. The number of aromatic nitrogens is 2. The lowest BCUT2D eigenvalue weighted by molar-refractivity contribution is 0.462. The second-order valence-corrected chi connectivity index (χ2v) is 7.23. The summed E-state index contributed by atoms with van der Waals surface area (Å²) in [5.74, 6) is 1.13. The molecule has 1 heterocycles. The van der Waals surface area contributed by atoms with Gasteiger partial charge in [-0.15, -0.1) is 0 Å². The highest BCUT2D eigenvalue weighted by atomic mass is 15.1. The van der Waals surface area contributed by atoms with Gasteiger partial charge in [0, 0.05) is 22.7 Å². The molecule has 0 amide bonds. The van der Waals surface area contributed by atoms with E-state index < -0.39 is 0 Å². The van der Waals surface area contributed by atoms with Crippen LogP contribution >= 0.6 is 0 Å². The van der Waals surface area contributed by atoms with E-state index in [4.69, 9.17) is 11.5 Å². The Hall–Kier alpha value is -2.82. The van der Waals surface area contributed by atoms with Crippen LogP contribution in [0.3, 0.4) is 0 Å². The highest BCUT2D eigenvalue weighted by molar-refractivity contribution is 5.94. The standard InChI is InChI=1S/C21H25N5/c1-13-7-9-16(18(22)11-13)14-8-10-19-17(12-14)20(26-21(23)25-19)24-15-5-3-2-4-6-15/h7-12,15H,2-6,22H2,1H3,(H3,23,24,25,26). The molecule has 0 spiro atoms. The maximum atomic E-state index is 6.24. The second kappa shape index (κ2) is 6.83. The molecule has 2 aromatic carbocycles. The second-order valence-electron chi connectivity index (χ2n) is 7.23. The number of nitrogens with two attached hydrogens (primary N) is 2. The van der Waals surface area contributed by atoms with E-state index in [1.807, 2.05) is 25.1 Å². The number of nitrogen functional groups attached to an aromatic ring is 2. The molecule has 134 valence electrons. The zero-order chi connectivity index (χ0) is 18.1. The van der Waals surface area contributed by atoms with Gasteiger partial charge in [-0.2, -0.15) is 4.98 Å². The molecule has 0 unspecified atom stereocenters. The highest BCUT2D eigenvalue weighted by Crippen LogP contribution is 2.32. The molecule has 1 aliphatic carbocycles. The predicted molar refractivity (Wildman–Crippen MR) is 109 cm³/mol. The van der Waals surface area contributed by atoms with Crippen molar-refractivity contribution in [2.45, 2.75) is 45.1 Å². The van der Waals surface area contributed by atoms with E-state index in [1.54, 1.807) is 0 Å². The summed E-state index contributed by atoms with van der Waals surface area (Å²) in [6, 6.07) is 12.7. The SMILES string of the molecule is Cc1ccc(-c2ccc3nc(N)nc(NC4CCCCC4)c3c2)c(N)c1. The van der Waals surface area contributed by atoms with Crippen molar-refractivity contribution in [1.29, 1.82) is 0 Å². The zero-order valence-electron chi connectivity index (χ0n) is 15.1. The summed E-state index contributed by atoms with van der Waals surface area (Å²) in [5.41, 5.74) is 17.1. The molecular formula is C21H25N5. The number of nitrogens with one attached hydrogen (secondary N) is 1. The number of benzene rings is 2. The summed E-state index contributed by atoms with van der Waals surface area (Å²) < 4.78 is 0. The van der Waals surface area contributed by atoms with Crippen LogP contribution in [-0.2, 0) is 0 Å². The third-order valence-electron chi connectivity index (χ3n) is 5.18. The van der Waals surface area contributed by atoms with Crippen LogP contribution < -0.4 is 16.8 Å². The van der Waals surface area contributed by atoms with Crippen molar-refractivity contribution >= 4 is 28.4 Å². The van der Waals surface area contributed by atoms with Gasteiger partial charge in [-0.05, 0) is 49.1 Å². The number of aryl methyl sites for hydroxylation is 1. The van der Waals surface area contributed by atoms with Crippen molar-refractivity contribution in [3.05, 3.63) is 42.0 Å². The number of fused-ring (bicyclic) bond motifs is 1. The van der Waals surface area contributed by atoms with Crippen LogP contribution in [0.2, 0.25) is 0 Å². The Labute approximate surface area is 153 Å². The Kier molecular flexibility index (Phi) is 4.37. The average Bonchev–Trinajstić information content (AvgIpc) is 2.62. The van der Waals surface area contributed by atoms with Crippen LogP contribution in [0.4, 0.5) is 17.5 Å². The summed E-state index contributed by atoms with van der Waals surface area (Å²) >= 11 is 0. The number of hydrogen-bond acceptors (Lipinski definition) is 5. The van der Waals surface area contributed by atoms with E-state index >= 15 is 0 Å². The number of rotatable bonds is 3. The predicted octanol–water partition coefficient (Wildman–Crippen LogP) is 4.51. The Balaban J connectivity index is 1.78. The zero-order valence-corrected chi connectivity index (χ0v) is 15.1. The fraction of sp³-hybridized carbons (Fsp3) is 0.333. The summed E-state index contributed by atoms with van der Waals surface area (Å²) in [4.78, 5) is 8.89. The minimum absolute atomic E-state index is 0.304. The fourth-order valence-corrected chi connectivity index (χ4v) is 3.81. The molecule has 0 atom stereocenters. The van der Waals surface area contributed by atoms with E-state index in [1.165, 1.54) is 32.1 Å². The number of anilines is 3. The maximum Gasteiger partial charge on any atom is 0.222 e. The van der Waals surface area contributed by atoms with E-state index in [0.29, 0.717) is 12.0 Å². The van der Waals surface area contributed by atoms with Crippen molar-refractivity contribution in [1.82, 2.24) is 9.97 Å². The lowest BCUT2D eigenvalue weighted by atomic mass is 9.95. The van der Waals surface area contributed by atoms with Crippen LogP contribution in [0.25, 0.3) is 22.0 Å². The Morgan fingerprint density at radius 1 is 0.962 bits per heavy atom. The van der Waals surface area contributed by atoms with Crippen molar-refractivity contribution in [3.8, 4) is 11.1 Å². The third-order valence-corrected chi connectivity index (χ3v) is 5.18. The van der Waals surface area contributed by atoms with Crippen LogP contribution in [0, 0.1) is 6.92 Å². The molecule has 1 aromatic heterocycles. The van der Waals surface area contributed by atoms with Gasteiger partial charge in [-0.1, -0.05) is 37.5 Å². The maximum absolute atomic E-state index is 6.24. The van der Waals surface area contributed by atoms with Crippen LogP contribution in [0.1, 0.15) is 37.7 Å². The molecule has 0 saturated heterocycles. The first-order valence-electron chi connectivity index (χ1n) is 9.30. The first-order valence-corrected chi connectivity index (χ1v) is 9.30. The topological polar surface area (TPSA) is 89.8 Å². The van der Waals surface area contributed by atoms with Crippen LogP contribution in [0.15, 0.2) is 36.4 Å². The number of nitrogens with zero attached hydrogens (tertiary/aromatic N) is 2. The van der Waals surface area contributed by atoms with Gasteiger partial charge in [-0.25, -0.2) is 4.98 Å². The minimum atomic E-state index is 0.304. The molecule has 0 aliphatic heterocycles. The van der Waals surface area contributed by atoms with E-state index in [2.05, 4.69) is 33.5 Å². The molecule has 26 heavy (non-hydrogen) atoms. The molecule has 1 fully saturated rings. The van der Waals surface area contributed by atoms with Crippen molar-refractivity contribution in [3.63, 3.8) is 0 Å². The summed E-state index contributed by atoms with van der Waals surface area (Å²) in [7, 11) is 0. The van der Waals surface area contributed by atoms with Crippen LogP contribution in [0.5, 0.6) is 0 Å². The minimum Gasteiger partial charge on any atom is -0.398 e. The summed E-state index contributed by atoms with van der Waals surface area (Å²) in [5, 5.41) is 4.59. The van der Waals surface area contributed by atoms with Crippen molar-refractivity contribution in [2.75, 3.05) is 16.8 Å². The van der Waals surface area contributed by atoms with Gasteiger partial charge in [0.1, 0.15) is 5.82 Å². The van der Waals surface area contributed by atoms with Crippen molar-refractivity contribution in [2.24, 2.45) is 0 Å². The molecule has 4 rings (SSSR count). The van der Waals surface area contributed by atoms with E-state index in [-0.39, 0.29) is 0 Å². The first-order chi connectivity index (χ1) is 12.6. The number of hydrogen-bond donors (Lipinski definition) is 3. The fourth-order valence-electron chi connectivity index (χ4n) is 3.81. The lowest BCUT2D eigenvalue weighted by Gasteiger charge is -2.24. The normalized spacial score (nSPS) is 15.3. The van der Waals surface area contributed by atoms with Gasteiger partial charge < -0.3 is 16.8 Å². The quantitative estimate of drug-likeness (QED) is 0.606. The molecule has 0 bridgehead atoms. The monoisotopic (exact) mass is 347 g/mol. The van der Waals surface area contributed by atoms with Crippen LogP contribution in [-0.4, -0.2) is 16.0 Å². The Bertz CT molecular complexity index is 945. The molecular weight excluding hydrogens is 322 g/mol. The smallest absolute Gasteiger partial charge is 0.222 e. The van der Waals surface area contributed by atoms with Gasteiger partial charge in [0.15, 0.2) is 0 Å². The molecule has 5 heteroatoms. The Morgan fingerprint density at radius 3 is 2.54 bits per heavy atom. The lowest BCUT2D eigenvalue weighted by Crippen LogP contribution is -2.23. The first kappa shape index (κ1) is 16.6.